The maximum absolute atomic E-state index is 13.2. The van der Waals surface area contributed by atoms with Gasteiger partial charge in [0.1, 0.15) is 24.7 Å². The van der Waals surface area contributed by atoms with E-state index in [1.54, 1.807) is 26.8 Å². The summed E-state index contributed by atoms with van der Waals surface area (Å²) in [4.78, 5) is 126. The van der Waals surface area contributed by atoms with Crippen LogP contribution in [0.5, 0.6) is 0 Å². The van der Waals surface area contributed by atoms with Gasteiger partial charge in [0, 0.05) is 97.7 Å². The number of unbranched alkanes of at least 4 members (excludes halogenated alkanes) is 5. The molecular weight excluding hydrogens is 959 g/mol. The third-order valence-electron chi connectivity index (χ3n) is 11.6. The second-order valence-corrected chi connectivity index (χ2v) is 17.8. The molecule has 5 amide bonds. The van der Waals surface area contributed by atoms with Gasteiger partial charge in [-0.15, -0.1) is 0 Å². The predicted molar refractivity (Wildman–Crippen MR) is 261 cm³/mol. The van der Waals surface area contributed by atoms with E-state index in [9.17, 15) is 68.4 Å². The van der Waals surface area contributed by atoms with Crippen LogP contribution < -0.4 is 31.9 Å². The minimum Gasteiger partial charge on any atom is -0.481 e. The van der Waals surface area contributed by atoms with Crippen molar-refractivity contribution in [3.05, 3.63) is 42.9 Å². The van der Waals surface area contributed by atoms with Crippen LogP contribution >= 0.6 is 0 Å². The van der Waals surface area contributed by atoms with E-state index in [1.165, 1.54) is 0 Å². The van der Waals surface area contributed by atoms with E-state index in [0.29, 0.717) is 84.1 Å². The quantitative estimate of drug-likeness (QED) is 0.0327. The Morgan fingerprint density at radius 2 is 1.14 bits per heavy atom. The maximum atomic E-state index is 13.2. The minimum atomic E-state index is -1.52. The summed E-state index contributed by atoms with van der Waals surface area (Å²) in [6.45, 7) is 2.39. The Morgan fingerprint density at radius 3 is 1.74 bits per heavy atom. The van der Waals surface area contributed by atoms with Crippen LogP contribution in [0.3, 0.4) is 0 Å². The van der Waals surface area contributed by atoms with Crippen molar-refractivity contribution >= 4 is 59.6 Å². The number of hydrogen-bond acceptors (Lipinski definition) is 15. The largest absolute Gasteiger partial charge is 0.481 e. The van der Waals surface area contributed by atoms with Crippen molar-refractivity contribution in [2.24, 2.45) is 0 Å². The van der Waals surface area contributed by atoms with Crippen molar-refractivity contribution in [2.75, 3.05) is 72.0 Å². The molecule has 73 heavy (non-hydrogen) atoms. The van der Waals surface area contributed by atoms with Crippen molar-refractivity contribution in [1.29, 1.82) is 0 Å². The van der Waals surface area contributed by atoms with Gasteiger partial charge in [0.25, 0.3) is 0 Å². The molecule has 1 aliphatic heterocycles. The Balaban J connectivity index is 1.77. The topological polar surface area (TPSA) is 363 Å². The van der Waals surface area contributed by atoms with Gasteiger partial charge < -0.3 is 62.2 Å². The summed E-state index contributed by atoms with van der Waals surface area (Å²) in [5.41, 5.74) is 0.772. The smallest absolute Gasteiger partial charge is 0.328 e. The fourth-order valence-corrected chi connectivity index (χ4v) is 7.67. The molecule has 2 radical (unpaired) electrons. The van der Waals surface area contributed by atoms with E-state index in [-0.39, 0.29) is 102 Å². The first-order valence-corrected chi connectivity index (χ1v) is 24.7. The van der Waals surface area contributed by atoms with E-state index < -0.39 is 72.4 Å². The van der Waals surface area contributed by atoms with Crippen molar-refractivity contribution in [3.8, 4) is 0 Å². The molecule has 0 aliphatic carbocycles. The summed E-state index contributed by atoms with van der Waals surface area (Å²) in [7, 11) is 6.11. The number of hydrogen-bond donors (Lipinski definition) is 11. The Morgan fingerprint density at radius 1 is 0.589 bits per heavy atom. The van der Waals surface area contributed by atoms with E-state index in [0.717, 1.165) is 5.56 Å². The number of benzene rings is 1. The number of esters is 1. The number of urea groups is 1. The normalized spacial score (nSPS) is 16.2. The molecule has 2 rings (SSSR count). The molecule has 0 aromatic heterocycles. The van der Waals surface area contributed by atoms with Crippen LogP contribution in [0, 0.1) is 7.05 Å². The lowest BCUT2D eigenvalue weighted by molar-refractivity contribution is -0.149. The standard InChI is InChI=1S/C48H75N9O16/c1-55-24-23-49-35(30-57(32-44(65)66)28-27-56(26-25-55)31-43(63)64)29-41(60)51-22-12-10-16-38(47(71)73-33-34-13-5-4-6-14-34)52-40(59)18-8-3-2-7-17-39(58)50-21-11-9-15-36(45(67)68)53-48(72)54-37(46(69)70)19-20-42(61)62/h1,4-6,13-14,35-38,49H,2-3,7-12,15-33H2,(H,50,58)(H,51,60)(H,52,59)(H,61,62)(H,63,64)(H,65,66)(H,67,68)(H,69,70)(H2,53,54,72)/t35?,36-,37-,38?/m0/s1. The zero-order chi connectivity index (χ0) is 54.0. The first-order chi connectivity index (χ1) is 34.8. The van der Waals surface area contributed by atoms with Crippen LogP contribution in [0.4, 0.5) is 4.79 Å². The molecule has 0 bridgehead atoms. The summed E-state index contributed by atoms with van der Waals surface area (Å²) in [5, 5.41) is 62.3. The highest BCUT2D eigenvalue weighted by molar-refractivity contribution is 5.86. The lowest BCUT2D eigenvalue weighted by Crippen LogP contribution is -2.51. The van der Waals surface area contributed by atoms with Gasteiger partial charge in [-0.1, -0.05) is 43.2 Å². The lowest BCUT2D eigenvalue weighted by atomic mass is 10.1. The van der Waals surface area contributed by atoms with E-state index in [1.807, 2.05) is 18.2 Å². The first kappa shape index (κ1) is 62.7. The zero-order valence-corrected chi connectivity index (χ0v) is 41.4. The summed E-state index contributed by atoms with van der Waals surface area (Å²) in [6, 6.07) is 3.76. The van der Waals surface area contributed by atoms with E-state index in [4.69, 9.17) is 16.9 Å². The van der Waals surface area contributed by atoms with Crippen molar-refractivity contribution in [1.82, 2.24) is 46.6 Å². The Hall–Kier alpha value is -6.44. The lowest BCUT2D eigenvalue weighted by Gasteiger charge is -2.31. The van der Waals surface area contributed by atoms with Crippen molar-refractivity contribution < 1.29 is 78.2 Å². The Labute approximate surface area is 425 Å². The molecule has 1 aromatic rings. The number of nitrogens with zero attached hydrogens (tertiary/aromatic N) is 3. The molecule has 25 heteroatoms. The SMILES string of the molecule is [CH]N1CCNC(CC(=O)NCCCCC(NC(=O)CCCCCCC(=O)NCCCC[C@H](NC(=O)N[C@@H](CCC(=O)O)C(=O)O)C(=O)O)C(=O)OCc2ccccc2)CN(CC(=O)O)CCN(CC(=O)O)CC1. The first-order valence-electron chi connectivity index (χ1n) is 24.7. The number of nitrogens with one attached hydrogen (secondary N) is 6. The minimum absolute atomic E-state index is 0.00816. The van der Waals surface area contributed by atoms with Gasteiger partial charge in [0.15, 0.2) is 0 Å². The van der Waals surface area contributed by atoms with Gasteiger partial charge in [-0.3, -0.25) is 43.5 Å². The molecule has 1 fully saturated rings. The molecule has 1 saturated heterocycles. The molecule has 1 heterocycles. The molecule has 0 saturated carbocycles. The second kappa shape index (κ2) is 36.5. The molecular formula is C48H75N9O16. The molecule has 408 valence electrons. The van der Waals surface area contributed by atoms with Gasteiger partial charge in [-0.2, -0.15) is 0 Å². The molecule has 0 spiro atoms. The van der Waals surface area contributed by atoms with Crippen molar-refractivity contribution in [3.63, 3.8) is 0 Å². The number of carboxylic acids is 5. The highest BCUT2D eigenvalue weighted by Gasteiger charge is 2.26. The second-order valence-electron chi connectivity index (χ2n) is 17.8. The van der Waals surface area contributed by atoms with Gasteiger partial charge in [-0.05, 0) is 63.4 Å². The average molecular weight is 1030 g/mol. The van der Waals surface area contributed by atoms with Crippen LogP contribution in [-0.2, 0) is 54.5 Å². The van der Waals surface area contributed by atoms with Gasteiger partial charge in [0.05, 0.1) is 13.1 Å². The van der Waals surface area contributed by atoms with Crippen molar-refractivity contribution in [2.45, 2.75) is 127 Å². The fraction of sp³-hybridized carbons (Fsp3) is 0.646. The third-order valence-corrected chi connectivity index (χ3v) is 11.6. The maximum Gasteiger partial charge on any atom is 0.328 e. The van der Waals surface area contributed by atoms with Gasteiger partial charge >= 0.3 is 41.8 Å². The van der Waals surface area contributed by atoms with E-state index >= 15 is 0 Å². The molecule has 2 unspecified atom stereocenters. The van der Waals surface area contributed by atoms with Gasteiger partial charge in [-0.25, -0.2) is 19.2 Å². The van der Waals surface area contributed by atoms with Crippen LogP contribution in [-0.4, -0.2) is 196 Å². The highest BCUT2D eigenvalue weighted by atomic mass is 16.5. The van der Waals surface area contributed by atoms with Crippen LogP contribution in [0.2, 0.25) is 0 Å². The number of carboxylic acid groups (broad SMARTS) is 5. The zero-order valence-electron chi connectivity index (χ0n) is 41.4. The monoisotopic (exact) mass is 1030 g/mol. The van der Waals surface area contributed by atoms with E-state index in [2.05, 4.69) is 31.9 Å². The number of carbonyl (C=O) groups excluding carboxylic acids is 5. The number of aliphatic carboxylic acids is 5. The third kappa shape index (κ3) is 30.9. The molecule has 1 aliphatic rings. The summed E-state index contributed by atoms with van der Waals surface area (Å²) < 4.78 is 5.55. The predicted octanol–water partition coefficient (Wildman–Crippen LogP) is 0.304. The summed E-state index contributed by atoms with van der Waals surface area (Å²) in [6.07, 6.45) is 3.69. The molecule has 25 nitrogen and oxygen atoms in total. The number of amides is 5. The number of ether oxygens (including phenoxy) is 1. The fourth-order valence-electron chi connectivity index (χ4n) is 7.67. The number of rotatable bonds is 34. The van der Waals surface area contributed by atoms with Crippen LogP contribution in [0.25, 0.3) is 0 Å². The van der Waals surface area contributed by atoms with Crippen LogP contribution in [0.15, 0.2) is 30.3 Å². The number of carbonyl (C=O) groups is 10. The Kier molecular flexibility index (Phi) is 31.3. The van der Waals surface area contributed by atoms with Gasteiger partial charge in [0.2, 0.25) is 17.7 Å². The molecule has 1 aromatic carbocycles. The van der Waals surface area contributed by atoms with Crippen LogP contribution in [0.1, 0.15) is 102 Å². The molecule has 4 atom stereocenters. The summed E-state index contributed by atoms with van der Waals surface area (Å²) in [5.74, 6) is -7.57. The molecule has 11 N–H and O–H groups in total. The summed E-state index contributed by atoms with van der Waals surface area (Å²) >= 11 is 0. The Bertz CT molecular complexity index is 1910. The average Bonchev–Trinajstić information content (AvgIpc) is 3.32. The highest BCUT2D eigenvalue weighted by Crippen LogP contribution is 2.11.